The van der Waals surface area contributed by atoms with Crippen molar-refractivity contribution in [3.8, 4) is 0 Å². The second-order valence-electron chi connectivity index (χ2n) is 3.19. The predicted octanol–water partition coefficient (Wildman–Crippen LogP) is 2.73. The minimum atomic E-state index is -4.80. The topological polar surface area (TPSA) is 63.3 Å². The zero-order valence-electron chi connectivity index (χ0n) is 8.47. The number of aromatic nitrogens is 1. The van der Waals surface area contributed by atoms with Gasteiger partial charge < -0.3 is 9.52 Å². The van der Waals surface area contributed by atoms with Gasteiger partial charge in [0.25, 0.3) is 0 Å². The Labute approximate surface area is 89.1 Å². The van der Waals surface area contributed by atoms with Crippen LogP contribution in [-0.4, -0.2) is 16.1 Å². The van der Waals surface area contributed by atoms with Gasteiger partial charge in [0.15, 0.2) is 11.6 Å². The predicted molar refractivity (Wildman–Crippen MR) is 47.1 cm³/mol. The normalized spacial score (nSPS) is 11.8. The second kappa shape index (κ2) is 4.54. The Morgan fingerprint density at radius 2 is 2.12 bits per heavy atom. The van der Waals surface area contributed by atoms with Crippen molar-refractivity contribution in [2.24, 2.45) is 0 Å². The molecule has 4 nitrogen and oxygen atoms in total. The Morgan fingerprint density at radius 3 is 2.50 bits per heavy atom. The molecule has 1 aromatic rings. The van der Waals surface area contributed by atoms with Crippen LogP contribution in [0.5, 0.6) is 0 Å². The number of halogens is 3. The lowest BCUT2D eigenvalue weighted by Crippen LogP contribution is -2.11. The zero-order chi connectivity index (χ0) is 12.3. The van der Waals surface area contributed by atoms with E-state index in [2.05, 4.69) is 9.40 Å². The number of oxazole rings is 1. The van der Waals surface area contributed by atoms with E-state index in [9.17, 15) is 18.0 Å². The van der Waals surface area contributed by atoms with Gasteiger partial charge in [-0.2, -0.15) is 13.2 Å². The fourth-order valence-electron chi connectivity index (χ4n) is 1.14. The Bertz CT molecular complexity index is 384. The lowest BCUT2D eigenvalue weighted by atomic mass is 10.2. The Kier molecular flexibility index (Phi) is 3.56. The third-order valence-corrected chi connectivity index (χ3v) is 1.88. The molecule has 1 aromatic heterocycles. The number of aromatic carboxylic acids is 1. The molecule has 0 amide bonds. The van der Waals surface area contributed by atoms with Crippen LogP contribution in [0.15, 0.2) is 4.42 Å². The molecule has 0 atom stereocenters. The summed E-state index contributed by atoms with van der Waals surface area (Å²) in [6.45, 7) is 1.85. The highest BCUT2D eigenvalue weighted by Gasteiger charge is 2.41. The first-order valence-electron chi connectivity index (χ1n) is 4.66. The van der Waals surface area contributed by atoms with Crippen LogP contribution in [0, 0.1) is 0 Å². The first kappa shape index (κ1) is 12.5. The molecule has 0 unspecified atom stereocenters. The van der Waals surface area contributed by atoms with Gasteiger partial charge in [-0.15, -0.1) is 0 Å². The highest BCUT2D eigenvalue weighted by atomic mass is 19.4. The monoisotopic (exact) mass is 237 g/mol. The van der Waals surface area contributed by atoms with Crippen molar-refractivity contribution in [2.75, 3.05) is 0 Å². The van der Waals surface area contributed by atoms with Crippen LogP contribution in [0.1, 0.15) is 41.9 Å². The molecule has 0 aromatic carbocycles. The number of hydrogen-bond donors (Lipinski definition) is 1. The van der Waals surface area contributed by atoms with E-state index in [1.54, 1.807) is 0 Å². The number of hydrogen-bond acceptors (Lipinski definition) is 3. The first-order chi connectivity index (χ1) is 7.36. The van der Waals surface area contributed by atoms with Crippen molar-refractivity contribution in [1.29, 1.82) is 0 Å². The van der Waals surface area contributed by atoms with E-state index >= 15 is 0 Å². The van der Waals surface area contributed by atoms with Crippen LogP contribution in [0.2, 0.25) is 0 Å². The van der Waals surface area contributed by atoms with Crippen molar-refractivity contribution < 1.29 is 27.5 Å². The summed E-state index contributed by atoms with van der Waals surface area (Å²) in [7, 11) is 0. The number of rotatable bonds is 4. The highest BCUT2D eigenvalue weighted by Crippen LogP contribution is 2.32. The number of aryl methyl sites for hydroxylation is 1. The van der Waals surface area contributed by atoms with Crippen LogP contribution >= 0.6 is 0 Å². The van der Waals surface area contributed by atoms with Crippen LogP contribution in [0.25, 0.3) is 0 Å². The maximum absolute atomic E-state index is 12.4. The SMILES string of the molecule is CCCCc1nc(C(F)(F)F)c(C(=O)O)o1. The summed E-state index contributed by atoms with van der Waals surface area (Å²) in [5, 5.41) is 8.53. The lowest BCUT2D eigenvalue weighted by molar-refractivity contribution is -0.141. The molecule has 0 fully saturated rings. The van der Waals surface area contributed by atoms with Gasteiger partial charge in [-0.3, -0.25) is 0 Å². The molecule has 0 saturated heterocycles. The molecule has 1 rings (SSSR count). The molecule has 0 spiro atoms. The third kappa shape index (κ3) is 2.74. The average molecular weight is 237 g/mol. The molecule has 90 valence electrons. The minimum Gasteiger partial charge on any atom is -0.475 e. The highest BCUT2D eigenvalue weighted by molar-refractivity contribution is 5.85. The van der Waals surface area contributed by atoms with Crippen LogP contribution < -0.4 is 0 Å². The van der Waals surface area contributed by atoms with E-state index in [0.717, 1.165) is 6.42 Å². The van der Waals surface area contributed by atoms with E-state index < -0.39 is 23.6 Å². The van der Waals surface area contributed by atoms with Crippen LogP contribution in [0.3, 0.4) is 0 Å². The summed E-state index contributed by atoms with van der Waals surface area (Å²) in [6.07, 6.45) is -3.25. The molecule has 0 aliphatic carbocycles. The van der Waals surface area contributed by atoms with Gasteiger partial charge in [-0.25, -0.2) is 9.78 Å². The van der Waals surface area contributed by atoms with E-state index in [-0.39, 0.29) is 12.3 Å². The number of carbonyl (C=O) groups is 1. The van der Waals surface area contributed by atoms with Gasteiger partial charge in [0.1, 0.15) is 0 Å². The summed E-state index contributed by atoms with van der Waals surface area (Å²) < 4.78 is 41.6. The Hall–Kier alpha value is -1.53. The lowest BCUT2D eigenvalue weighted by Gasteiger charge is -2.00. The van der Waals surface area contributed by atoms with Crippen molar-refractivity contribution in [3.05, 3.63) is 17.3 Å². The van der Waals surface area contributed by atoms with Gasteiger partial charge in [0.05, 0.1) is 0 Å². The molecule has 1 heterocycles. The Balaban J connectivity index is 3.06. The molecule has 0 radical (unpaired) electrons. The molecule has 0 bridgehead atoms. The number of nitrogens with zero attached hydrogens (tertiary/aromatic N) is 1. The quantitative estimate of drug-likeness (QED) is 0.874. The molecule has 0 aliphatic heterocycles. The number of unbranched alkanes of at least 4 members (excludes halogenated alkanes) is 1. The average Bonchev–Trinajstić information content (AvgIpc) is 2.58. The maximum atomic E-state index is 12.4. The number of carboxylic acids is 1. The summed E-state index contributed by atoms with van der Waals surface area (Å²) in [5.74, 6) is -3.09. The van der Waals surface area contributed by atoms with Crippen molar-refractivity contribution >= 4 is 5.97 Å². The van der Waals surface area contributed by atoms with Crippen LogP contribution in [-0.2, 0) is 12.6 Å². The summed E-state index contributed by atoms with van der Waals surface area (Å²) in [6, 6.07) is 0. The van der Waals surface area contributed by atoms with Crippen molar-refractivity contribution in [1.82, 2.24) is 4.98 Å². The molecular weight excluding hydrogens is 227 g/mol. The maximum Gasteiger partial charge on any atom is 0.437 e. The molecule has 0 aliphatic rings. The van der Waals surface area contributed by atoms with Gasteiger partial charge >= 0.3 is 12.1 Å². The number of alkyl halides is 3. The Morgan fingerprint density at radius 1 is 1.50 bits per heavy atom. The molecular formula is C9H10F3NO3. The van der Waals surface area contributed by atoms with Gasteiger partial charge in [-0.05, 0) is 6.42 Å². The van der Waals surface area contributed by atoms with Crippen LogP contribution in [0.4, 0.5) is 13.2 Å². The minimum absolute atomic E-state index is 0.188. The molecule has 7 heteroatoms. The van der Waals surface area contributed by atoms with Gasteiger partial charge in [0, 0.05) is 6.42 Å². The first-order valence-corrected chi connectivity index (χ1v) is 4.66. The van der Waals surface area contributed by atoms with E-state index in [0.29, 0.717) is 6.42 Å². The zero-order valence-corrected chi connectivity index (χ0v) is 8.47. The van der Waals surface area contributed by atoms with E-state index in [1.807, 2.05) is 6.92 Å². The second-order valence-corrected chi connectivity index (χ2v) is 3.19. The van der Waals surface area contributed by atoms with E-state index in [1.165, 1.54) is 0 Å². The fraction of sp³-hybridized carbons (Fsp3) is 0.556. The molecule has 0 saturated carbocycles. The third-order valence-electron chi connectivity index (χ3n) is 1.88. The molecule has 1 N–H and O–H groups in total. The van der Waals surface area contributed by atoms with E-state index in [4.69, 9.17) is 5.11 Å². The largest absolute Gasteiger partial charge is 0.475 e. The summed E-state index contributed by atoms with van der Waals surface area (Å²) in [4.78, 5) is 13.7. The standard InChI is InChI=1S/C9H10F3NO3/c1-2-3-4-5-13-7(9(10,11)12)6(16-5)8(14)15/h2-4H2,1H3,(H,14,15). The summed E-state index contributed by atoms with van der Waals surface area (Å²) in [5.41, 5.74) is -1.47. The molecule has 16 heavy (non-hydrogen) atoms. The van der Waals surface area contributed by atoms with Gasteiger partial charge in [-0.1, -0.05) is 13.3 Å². The smallest absolute Gasteiger partial charge is 0.437 e. The fourth-order valence-corrected chi connectivity index (χ4v) is 1.14. The van der Waals surface area contributed by atoms with Crippen molar-refractivity contribution in [3.63, 3.8) is 0 Å². The summed E-state index contributed by atoms with van der Waals surface area (Å²) >= 11 is 0. The van der Waals surface area contributed by atoms with Crippen molar-refractivity contribution in [2.45, 2.75) is 32.4 Å². The van der Waals surface area contributed by atoms with Gasteiger partial charge in [0.2, 0.25) is 5.76 Å². The number of carboxylic acid groups (broad SMARTS) is 1.